The lowest BCUT2D eigenvalue weighted by Gasteiger charge is -2.29. The maximum absolute atomic E-state index is 12.8. The third-order valence-electron chi connectivity index (χ3n) is 4.37. The molecule has 0 radical (unpaired) electrons. The molecule has 0 unspecified atom stereocenters. The lowest BCUT2D eigenvalue weighted by Crippen LogP contribution is -2.41. The van der Waals surface area contributed by atoms with Crippen LogP contribution in [0.5, 0.6) is 0 Å². The number of amides is 1. The number of anilines is 1. The highest BCUT2D eigenvalue weighted by atomic mass is 32.2. The topological polar surface area (TPSA) is 76.4 Å². The zero-order valence-electron chi connectivity index (χ0n) is 13.6. The van der Waals surface area contributed by atoms with E-state index in [4.69, 9.17) is 4.74 Å². The Bertz CT molecular complexity index is 752. The molecule has 4 heterocycles. The molecule has 128 valence electrons. The van der Waals surface area contributed by atoms with Gasteiger partial charge in [0.2, 0.25) is 5.82 Å². The van der Waals surface area contributed by atoms with E-state index >= 15 is 0 Å². The Morgan fingerprint density at radius 3 is 2.67 bits per heavy atom. The van der Waals surface area contributed by atoms with E-state index < -0.39 is 0 Å². The van der Waals surface area contributed by atoms with Crippen LogP contribution in [0.4, 0.5) is 5.82 Å². The van der Waals surface area contributed by atoms with Crippen LogP contribution in [0.3, 0.4) is 0 Å². The van der Waals surface area contributed by atoms with Crippen LogP contribution in [-0.4, -0.2) is 81.5 Å². The van der Waals surface area contributed by atoms with Crippen molar-refractivity contribution in [3.05, 3.63) is 12.0 Å². The Labute approximate surface area is 144 Å². The van der Waals surface area contributed by atoms with Crippen molar-refractivity contribution in [2.24, 2.45) is 7.05 Å². The lowest BCUT2D eigenvalue weighted by atomic mass is 10.3. The number of aromatic nitrogens is 4. The van der Waals surface area contributed by atoms with Crippen LogP contribution >= 0.6 is 11.8 Å². The first-order chi connectivity index (χ1) is 11.7. The highest BCUT2D eigenvalue weighted by Crippen LogP contribution is 2.26. The Balaban J connectivity index is 1.75. The van der Waals surface area contributed by atoms with Gasteiger partial charge in [-0.1, -0.05) is 0 Å². The van der Waals surface area contributed by atoms with Gasteiger partial charge in [0.1, 0.15) is 5.82 Å². The second-order valence-electron chi connectivity index (χ2n) is 5.88. The summed E-state index contributed by atoms with van der Waals surface area (Å²) < 4.78 is 7.03. The number of rotatable bonds is 2. The van der Waals surface area contributed by atoms with Crippen molar-refractivity contribution < 1.29 is 9.53 Å². The van der Waals surface area contributed by atoms with Crippen LogP contribution < -0.4 is 4.90 Å². The predicted octanol–water partition coefficient (Wildman–Crippen LogP) is 0.389. The van der Waals surface area contributed by atoms with Crippen LogP contribution in [0.2, 0.25) is 0 Å². The van der Waals surface area contributed by atoms with Crippen molar-refractivity contribution in [2.75, 3.05) is 55.8 Å². The second kappa shape index (κ2) is 6.56. The standard InChI is InChI=1S/C15H20N6O2S/c1-19-13-11(10-16-19)14(20-4-8-24-9-5-20)18-12(17-13)15(22)21-2-6-23-7-3-21/h10H,2-9H2,1H3. The molecule has 2 aromatic heterocycles. The van der Waals surface area contributed by atoms with E-state index in [9.17, 15) is 4.79 Å². The van der Waals surface area contributed by atoms with Crippen molar-refractivity contribution in [1.29, 1.82) is 0 Å². The SMILES string of the molecule is Cn1ncc2c(N3CCSCC3)nc(C(=O)N3CCOCC3)nc21. The average Bonchev–Trinajstić information content (AvgIpc) is 3.03. The summed E-state index contributed by atoms with van der Waals surface area (Å²) >= 11 is 1.94. The van der Waals surface area contributed by atoms with Crippen LogP contribution in [0, 0.1) is 0 Å². The molecule has 0 bridgehead atoms. The molecule has 0 atom stereocenters. The van der Waals surface area contributed by atoms with Crippen molar-refractivity contribution >= 4 is 34.5 Å². The number of hydrogen-bond donors (Lipinski definition) is 0. The number of nitrogens with zero attached hydrogens (tertiary/aromatic N) is 6. The fourth-order valence-electron chi connectivity index (χ4n) is 3.03. The molecular weight excluding hydrogens is 328 g/mol. The van der Waals surface area contributed by atoms with Crippen molar-refractivity contribution in [1.82, 2.24) is 24.6 Å². The summed E-state index contributed by atoms with van der Waals surface area (Å²) in [6.07, 6.45) is 1.79. The van der Waals surface area contributed by atoms with E-state index in [1.807, 2.05) is 18.8 Å². The molecule has 0 N–H and O–H groups in total. The summed E-state index contributed by atoms with van der Waals surface area (Å²) in [5.74, 6) is 3.08. The Morgan fingerprint density at radius 2 is 1.92 bits per heavy atom. The fourth-order valence-corrected chi connectivity index (χ4v) is 3.93. The minimum absolute atomic E-state index is 0.131. The van der Waals surface area contributed by atoms with E-state index in [2.05, 4.69) is 20.0 Å². The van der Waals surface area contributed by atoms with Crippen molar-refractivity contribution in [3.63, 3.8) is 0 Å². The van der Waals surface area contributed by atoms with Crippen molar-refractivity contribution in [3.8, 4) is 0 Å². The molecule has 1 amide bonds. The van der Waals surface area contributed by atoms with E-state index in [1.54, 1.807) is 15.8 Å². The average molecular weight is 348 g/mol. The number of hydrogen-bond acceptors (Lipinski definition) is 7. The quantitative estimate of drug-likeness (QED) is 0.777. The number of morpholine rings is 1. The Hall–Kier alpha value is -1.87. The number of fused-ring (bicyclic) bond motifs is 1. The molecule has 24 heavy (non-hydrogen) atoms. The van der Waals surface area contributed by atoms with Gasteiger partial charge in [-0.05, 0) is 0 Å². The van der Waals surface area contributed by atoms with Gasteiger partial charge < -0.3 is 14.5 Å². The zero-order chi connectivity index (χ0) is 16.5. The molecule has 0 aliphatic carbocycles. The second-order valence-corrected chi connectivity index (χ2v) is 7.11. The molecule has 2 fully saturated rings. The minimum Gasteiger partial charge on any atom is -0.378 e. The largest absolute Gasteiger partial charge is 0.378 e. The molecule has 2 aromatic rings. The molecule has 0 saturated carbocycles. The molecule has 2 aliphatic heterocycles. The number of aryl methyl sites for hydroxylation is 1. The van der Waals surface area contributed by atoms with Gasteiger partial charge in [0, 0.05) is 44.7 Å². The fraction of sp³-hybridized carbons (Fsp3) is 0.600. The molecule has 4 rings (SSSR count). The highest BCUT2D eigenvalue weighted by molar-refractivity contribution is 7.99. The summed E-state index contributed by atoms with van der Waals surface area (Å²) in [5, 5.41) is 5.21. The molecule has 0 spiro atoms. The molecule has 9 heteroatoms. The molecule has 0 aromatic carbocycles. The van der Waals surface area contributed by atoms with Gasteiger partial charge in [0.15, 0.2) is 5.65 Å². The van der Waals surface area contributed by atoms with Gasteiger partial charge in [-0.25, -0.2) is 9.97 Å². The third kappa shape index (κ3) is 2.82. The van der Waals surface area contributed by atoms with E-state index in [-0.39, 0.29) is 11.7 Å². The number of ether oxygens (including phenoxy) is 1. The monoisotopic (exact) mass is 348 g/mol. The van der Waals surface area contributed by atoms with E-state index in [0.29, 0.717) is 32.0 Å². The first kappa shape index (κ1) is 15.6. The smallest absolute Gasteiger partial charge is 0.291 e. The van der Waals surface area contributed by atoms with Gasteiger partial charge in [-0.3, -0.25) is 9.48 Å². The normalized spacial score (nSPS) is 19.0. The number of thioether (sulfide) groups is 1. The van der Waals surface area contributed by atoms with E-state index in [1.165, 1.54) is 0 Å². The van der Waals surface area contributed by atoms with Gasteiger partial charge >= 0.3 is 0 Å². The van der Waals surface area contributed by atoms with Crippen LogP contribution in [0.15, 0.2) is 6.20 Å². The maximum Gasteiger partial charge on any atom is 0.291 e. The van der Waals surface area contributed by atoms with E-state index in [0.717, 1.165) is 35.8 Å². The molecule has 8 nitrogen and oxygen atoms in total. The van der Waals surface area contributed by atoms with Gasteiger partial charge in [-0.2, -0.15) is 16.9 Å². The predicted molar refractivity (Wildman–Crippen MR) is 92.6 cm³/mol. The summed E-state index contributed by atoms with van der Waals surface area (Å²) in [5.41, 5.74) is 0.704. The van der Waals surface area contributed by atoms with Crippen LogP contribution in [-0.2, 0) is 11.8 Å². The van der Waals surface area contributed by atoms with Crippen LogP contribution in [0.1, 0.15) is 10.6 Å². The zero-order valence-corrected chi connectivity index (χ0v) is 14.5. The number of carbonyl (C=O) groups excluding carboxylic acids is 1. The van der Waals surface area contributed by atoms with Crippen molar-refractivity contribution in [2.45, 2.75) is 0 Å². The lowest BCUT2D eigenvalue weighted by molar-refractivity contribution is 0.0295. The summed E-state index contributed by atoms with van der Waals surface area (Å²) in [6.45, 7) is 4.15. The molecule has 2 saturated heterocycles. The first-order valence-electron chi connectivity index (χ1n) is 8.13. The van der Waals surface area contributed by atoms with Gasteiger partial charge in [0.25, 0.3) is 5.91 Å². The Kier molecular flexibility index (Phi) is 4.28. The highest BCUT2D eigenvalue weighted by Gasteiger charge is 2.25. The third-order valence-corrected chi connectivity index (χ3v) is 5.31. The van der Waals surface area contributed by atoms with Gasteiger partial charge in [-0.15, -0.1) is 0 Å². The maximum atomic E-state index is 12.8. The van der Waals surface area contributed by atoms with Gasteiger partial charge in [0.05, 0.1) is 24.8 Å². The summed E-state index contributed by atoms with van der Waals surface area (Å²) in [6, 6.07) is 0. The minimum atomic E-state index is -0.131. The number of carbonyl (C=O) groups is 1. The molecule has 2 aliphatic rings. The molecular formula is C15H20N6O2S. The Morgan fingerprint density at radius 1 is 1.17 bits per heavy atom. The summed E-state index contributed by atoms with van der Waals surface area (Å²) in [7, 11) is 1.84. The first-order valence-corrected chi connectivity index (χ1v) is 9.29. The summed E-state index contributed by atoms with van der Waals surface area (Å²) in [4.78, 5) is 25.9. The van der Waals surface area contributed by atoms with Crippen LogP contribution in [0.25, 0.3) is 11.0 Å².